The van der Waals surface area contributed by atoms with Crippen molar-refractivity contribution in [1.82, 2.24) is 20.9 Å². The van der Waals surface area contributed by atoms with E-state index < -0.39 is 0 Å². The van der Waals surface area contributed by atoms with Gasteiger partial charge in [0.1, 0.15) is 0 Å². The maximum atomic E-state index is 11.8. The summed E-state index contributed by atoms with van der Waals surface area (Å²) in [5, 5.41) is 9.63. The predicted molar refractivity (Wildman–Crippen MR) is 139 cm³/mol. The number of hydrogen-bond donors (Lipinski definition) is 3. The SMILES string of the molecule is CN=C(NCCc1cccc(C(=O)NC)c1)NCC1CCCN1CC1CCCCC1.I. The number of carbonyl (C=O) groups excluding carboxylic acids is 1. The molecule has 0 aromatic heterocycles. The van der Waals surface area contributed by atoms with Crippen molar-refractivity contribution in [1.29, 1.82) is 0 Å². The van der Waals surface area contributed by atoms with Crippen molar-refractivity contribution >= 4 is 35.8 Å². The number of carbonyl (C=O) groups is 1. The van der Waals surface area contributed by atoms with E-state index in [0.29, 0.717) is 11.6 Å². The highest BCUT2D eigenvalue weighted by Gasteiger charge is 2.27. The van der Waals surface area contributed by atoms with Crippen LogP contribution in [0, 0.1) is 5.92 Å². The molecule has 1 saturated heterocycles. The topological polar surface area (TPSA) is 68.8 Å². The second kappa shape index (κ2) is 13.9. The van der Waals surface area contributed by atoms with Crippen LogP contribution in [0.2, 0.25) is 0 Å². The van der Waals surface area contributed by atoms with Crippen molar-refractivity contribution in [3.8, 4) is 0 Å². The van der Waals surface area contributed by atoms with Gasteiger partial charge < -0.3 is 16.0 Å². The van der Waals surface area contributed by atoms with E-state index in [0.717, 1.165) is 37.0 Å². The summed E-state index contributed by atoms with van der Waals surface area (Å²) in [6.07, 6.45) is 10.5. The average Bonchev–Trinajstić information content (AvgIpc) is 3.23. The molecule has 1 atom stereocenters. The van der Waals surface area contributed by atoms with Gasteiger partial charge in [-0.05, 0) is 62.3 Å². The quantitative estimate of drug-likeness (QED) is 0.268. The van der Waals surface area contributed by atoms with Crippen molar-refractivity contribution in [2.75, 3.05) is 40.3 Å². The lowest BCUT2D eigenvalue weighted by atomic mass is 9.89. The first-order chi connectivity index (χ1) is 14.7. The zero-order valence-corrected chi connectivity index (χ0v) is 21.5. The molecule has 1 aliphatic heterocycles. The highest BCUT2D eigenvalue weighted by atomic mass is 127. The Labute approximate surface area is 205 Å². The molecule has 1 aromatic rings. The first kappa shape index (κ1) is 25.9. The van der Waals surface area contributed by atoms with E-state index in [4.69, 9.17) is 0 Å². The fourth-order valence-corrected chi connectivity index (χ4v) is 4.84. The minimum atomic E-state index is -0.0448. The highest BCUT2D eigenvalue weighted by Crippen LogP contribution is 2.27. The third-order valence-corrected chi connectivity index (χ3v) is 6.57. The van der Waals surface area contributed by atoms with Crippen LogP contribution in [0.5, 0.6) is 0 Å². The maximum absolute atomic E-state index is 11.8. The summed E-state index contributed by atoms with van der Waals surface area (Å²) in [5.41, 5.74) is 1.85. The highest BCUT2D eigenvalue weighted by molar-refractivity contribution is 14.0. The lowest BCUT2D eigenvalue weighted by Gasteiger charge is -2.31. The zero-order chi connectivity index (χ0) is 21.2. The first-order valence-electron chi connectivity index (χ1n) is 11.7. The molecule has 7 heteroatoms. The number of nitrogens with zero attached hydrogens (tertiary/aromatic N) is 2. The van der Waals surface area contributed by atoms with Crippen LogP contribution >= 0.6 is 24.0 Å². The van der Waals surface area contributed by atoms with Crippen LogP contribution in [-0.4, -0.2) is 63.1 Å². The number of rotatable bonds is 8. The molecule has 0 bridgehead atoms. The molecule has 1 heterocycles. The summed E-state index contributed by atoms with van der Waals surface area (Å²) in [6, 6.07) is 8.42. The molecule has 1 saturated carbocycles. The van der Waals surface area contributed by atoms with Gasteiger partial charge in [-0.3, -0.25) is 14.7 Å². The maximum Gasteiger partial charge on any atom is 0.251 e. The largest absolute Gasteiger partial charge is 0.356 e. The fourth-order valence-electron chi connectivity index (χ4n) is 4.84. The second-order valence-electron chi connectivity index (χ2n) is 8.70. The molecule has 1 aromatic carbocycles. The smallest absolute Gasteiger partial charge is 0.251 e. The Morgan fingerprint density at radius 2 is 1.94 bits per heavy atom. The monoisotopic (exact) mass is 541 g/mol. The summed E-state index contributed by atoms with van der Waals surface area (Å²) in [7, 11) is 3.49. The van der Waals surface area contributed by atoms with Crippen molar-refractivity contribution in [3.05, 3.63) is 35.4 Å². The van der Waals surface area contributed by atoms with E-state index in [1.165, 1.54) is 58.0 Å². The van der Waals surface area contributed by atoms with Gasteiger partial charge in [-0.2, -0.15) is 0 Å². The number of aliphatic imine (C=N–C) groups is 1. The number of hydrogen-bond acceptors (Lipinski definition) is 3. The molecule has 6 nitrogen and oxygen atoms in total. The first-order valence-corrected chi connectivity index (χ1v) is 11.7. The molecule has 1 amide bonds. The summed E-state index contributed by atoms with van der Waals surface area (Å²) in [6.45, 7) is 4.27. The Kier molecular flexibility index (Phi) is 11.6. The van der Waals surface area contributed by atoms with Gasteiger partial charge in [-0.25, -0.2) is 0 Å². The van der Waals surface area contributed by atoms with Gasteiger partial charge in [0.25, 0.3) is 5.91 Å². The molecule has 0 spiro atoms. The molecule has 3 N–H and O–H groups in total. The van der Waals surface area contributed by atoms with E-state index in [2.05, 4.69) is 31.9 Å². The van der Waals surface area contributed by atoms with E-state index in [1.54, 1.807) is 7.05 Å². The Hall–Kier alpha value is -1.35. The van der Waals surface area contributed by atoms with Gasteiger partial charge in [-0.15, -0.1) is 24.0 Å². The van der Waals surface area contributed by atoms with Crippen LogP contribution in [0.15, 0.2) is 29.3 Å². The second-order valence-corrected chi connectivity index (χ2v) is 8.70. The van der Waals surface area contributed by atoms with Crippen LogP contribution < -0.4 is 16.0 Å². The van der Waals surface area contributed by atoms with Crippen LogP contribution in [0.4, 0.5) is 0 Å². The van der Waals surface area contributed by atoms with E-state index in [1.807, 2.05) is 25.2 Å². The molecule has 31 heavy (non-hydrogen) atoms. The lowest BCUT2D eigenvalue weighted by molar-refractivity contribution is 0.0963. The van der Waals surface area contributed by atoms with E-state index in [-0.39, 0.29) is 29.9 Å². The summed E-state index contributed by atoms with van der Waals surface area (Å²) in [4.78, 5) is 18.9. The van der Waals surface area contributed by atoms with Crippen molar-refractivity contribution in [2.45, 2.75) is 57.4 Å². The third-order valence-electron chi connectivity index (χ3n) is 6.57. The third kappa shape index (κ3) is 8.25. The van der Waals surface area contributed by atoms with E-state index >= 15 is 0 Å². The number of benzene rings is 1. The van der Waals surface area contributed by atoms with Crippen LogP contribution in [0.3, 0.4) is 0 Å². The summed E-state index contributed by atoms with van der Waals surface area (Å²) >= 11 is 0. The van der Waals surface area contributed by atoms with Crippen molar-refractivity contribution in [3.63, 3.8) is 0 Å². The van der Waals surface area contributed by atoms with Crippen molar-refractivity contribution in [2.24, 2.45) is 10.9 Å². The van der Waals surface area contributed by atoms with Gasteiger partial charge in [0.15, 0.2) is 5.96 Å². The minimum Gasteiger partial charge on any atom is -0.356 e. The van der Waals surface area contributed by atoms with Gasteiger partial charge >= 0.3 is 0 Å². The fraction of sp³-hybridized carbons (Fsp3) is 0.667. The predicted octanol–water partition coefficient (Wildman–Crippen LogP) is 3.42. The molecular weight excluding hydrogens is 501 g/mol. The number of amides is 1. The molecule has 2 aliphatic rings. The number of halogens is 1. The van der Waals surface area contributed by atoms with Crippen molar-refractivity contribution < 1.29 is 4.79 Å². The van der Waals surface area contributed by atoms with Gasteiger partial charge in [0.2, 0.25) is 0 Å². The standard InChI is InChI=1S/C24H39N5O.HI/c1-25-23(30)21-11-6-10-19(16-21)13-14-27-24(26-2)28-17-22-12-7-15-29(22)18-20-8-4-3-5-9-20;/h6,10-11,16,20,22H,3-5,7-9,12-15,17-18H2,1-2H3,(H,25,30)(H2,26,27,28);1H. The summed E-state index contributed by atoms with van der Waals surface area (Å²) in [5.74, 6) is 1.72. The lowest BCUT2D eigenvalue weighted by Crippen LogP contribution is -2.46. The Morgan fingerprint density at radius 3 is 2.68 bits per heavy atom. The Bertz CT molecular complexity index is 705. The number of likely N-dealkylation sites (tertiary alicyclic amines) is 1. The van der Waals surface area contributed by atoms with Gasteiger partial charge in [0, 0.05) is 45.3 Å². The zero-order valence-electron chi connectivity index (χ0n) is 19.2. The molecule has 1 aliphatic carbocycles. The van der Waals surface area contributed by atoms with Gasteiger partial charge in [0.05, 0.1) is 0 Å². The minimum absolute atomic E-state index is 0. The molecule has 2 fully saturated rings. The van der Waals surface area contributed by atoms with Crippen LogP contribution in [0.25, 0.3) is 0 Å². The molecule has 0 radical (unpaired) electrons. The molecule has 174 valence electrons. The van der Waals surface area contributed by atoms with Gasteiger partial charge in [-0.1, -0.05) is 31.4 Å². The molecule has 1 unspecified atom stereocenters. The Morgan fingerprint density at radius 1 is 1.13 bits per heavy atom. The number of guanidine groups is 1. The van der Waals surface area contributed by atoms with E-state index in [9.17, 15) is 4.79 Å². The molecular formula is C24H40IN5O. The average molecular weight is 542 g/mol. The normalized spacial score (nSPS) is 20.2. The Balaban J connectivity index is 0.00000341. The van der Waals surface area contributed by atoms with Crippen LogP contribution in [0.1, 0.15) is 60.9 Å². The van der Waals surface area contributed by atoms with Crippen LogP contribution in [-0.2, 0) is 6.42 Å². The summed E-state index contributed by atoms with van der Waals surface area (Å²) < 4.78 is 0. The number of nitrogens with one attached hydrogen (secondary N) is 3. The molecule has 3 rings (SSSR count).